The van der Waals surface area contributed by atoms with Crippen LogP contribution in [0.2, 0.25) is 0 Å². The van der Waals surface area contributed by atoms with Crippen molar-refractivity contribution in [3.8, 4) is 5.75 Å². The highest BCUT2D eigenvalue weighted by Crippen LogP contribution is 2.40. The molecule has 0 radical (unpaired) electrons. The van der Waals surface area contributed by atoms with Crippen LogP contribution in [-0.2, 0) is 0 Å². The Kier molecular flexibility index (Phi) is 4.44. The van der Waals surface area contributed by atoms with Gasteiger partial charge in [0.15, 0.2) is 0 Å². The fourth-order valence-corrected chi connectivity index (χ4v) is 3.35. The average Bonchev–Trinajstić information content (AvgIpc) is 2.54. The molecule has 0 fully saturated rings. The molecular formula is C20H22N2O4. The first-order chi connectivity index (χ1) is 12.2. The molecule has 1 atom stereocenters. The lowest BCUT2D eigenvalue weighted by atomic mass is 9.88. The number of carbonyl (C=O) groups excluding carboxylic acids is 1. The molecule has 136 valence electrons. The molecule has 0 aromatic heterocycles. The van der Waals surface area contributed by atoms with Gasteiger partial charge in [0.05, 0.1) is 11.0 Å². The molecule has 2 aromatic carbocycles. The summed E-state index contributed by atoms with van der Waals surface area (Å²) in [5.41, 5.74) is 2.53. The largest absolute Gasteiger partial charge is 0.487 e. The summed E-state index contributed by atoms with van der Waals surface area (Å²) in [5, 5.41) is 14.0. The molecule has 0 saturated heterocycles. The van der Waals surface area contributed by atoms with Crippen molar-refractivity contribution in [2.24, 2.45) is 0 Å². The van der Waals surface area contributed by atoms with E-state index in [9.17, 15) is 14.9 Å². The number of benzene rings is 2. The molecule has 0 aliphatic carbocycles. The highest BCUT2D eigenvalue weighted by molar-refractivity contribution is 5.95. The molecule has 1 amide bonds. The lowest BCUT2D eigenvalue weighted by molar-refractivity contribution is -0.385. The van der Waals surface area contributed by atoms with Crippen molar-refractivity contribution in [2.75, 3.05) is 0 Å². The monoisotopic (exact) mass is 354 g/mol. The van der Waals surface area contributed by atoms with E-state index in [2.05, 4.69) is 5.32 Å². The van der Waals surface area contributed by atoms with E-state index >= 15 is 0 Å². The molecular weight excluding hydrogens is 332 g/mol. The van der Waals surface area contributed by atoms with Gasteiger partial charge in [-0.3, -0.25) is 14.9 Å². The van der Waals surface area contributed by atoms with Crippen LogP contribution < -0.4 is 10.1 Å². The Morgan fingerprint density at radius 3 is 2.62 bits per heavy atom. The number of hydrogen-bond acceptors (Lipinski definition) is 4. The molecule has 6 heteroatoms. The van der Waals surface area contributed by atoms with Gasteiger partial charge in [-0.2, -0.15) is 0 Å². The second kappa shape index (κ2) is 6.44. The van der Waals surface area contributed by atoms with Crippen LogP contribution in [0.3, 0.4) is 0 Å². The van der Waals surface area contributed by atoms with Gasteiger partial charge >= 0.3 is 0 Å². The van der Waals surface area contributed by atoms with Crippen LogP contribution in [0.15, 0.2) is 36.4 Å². The van der Waals surface area contributed by atoms with Gasteiger partial charge < -0.3 is 10.1 Å². The minimum atomic E-state index is -0.447. The van der Waals surface area contributed by atoms with Crippen molar-refractivity contribution < 1.29 is 14.5 Å². The molecule has 2 aromatic rings. The van der Waals surface area contributed by atoms with Gasteiger partial charge in [-0.1, -0.05) is 17.7 Å². The Balaban J connectivity index is 1.89. The number of rotatable bonds is 3. The lowest BCUT2D eigenvalue weighted by Crippen LogP contribution is -2.41. The number of nitrogens with zero attached hydrogens (tertiary/aromatic N) is 1. The molecule has 3 rings (SSSR count). The van der Waals surface area contributed by atoms with E-state index in [-0.39, 0.29) is 17.6 Å². The molecule has 1 aliphatic rings. The Labute approximate surface area is 152 Å². The van der Waals surface area contributed by atoms with E-state index in [1.54, 1.807) is 13.0 Å². The van der Waals surface area contributed by atoms with Crippen LogP contribution in [0, 0.1) is 24.0 Å². The first-order valence-corrected chi connectivity index (χ1v) is 8.52. The van der Waals surface area contributed by atoms with Gasteiger partial charge in [0.2, 0.25) is 0 Å². The summed E-state index contributed by atoms with van der Waals surface area (Å²) in [5.74, 6) is 0.523. The fraction of sp³-hybridized carbons (Fsp3) is 0.350. The zero-order valence-electron chi connectivity index (χ0n) is 15.3. The third kappa shape index (κ3) is 3.54. The standard InChI is InChI=1S/C20H22N2O4/c1-12-5-8-18-15(9-12)16(11-20(3,4)26-18)21-19(23)14-6-7-17(22(24)25)13(2)10-14/h5-10,16H,11H2,1-4H3,(H,21,23)/t16-/m1/s1. The van der Waals surface area contributed by atoms with Crippen molar-refractivity contribution in [3.05, 3.63) is 68.8 Å². The Morgan fingerprint density at radius 2 is 1.96 bits per heavy atom. The van der Waals surface area contributed by atoms with E-state index in [4.69, 9.17) is 4.74 Å². The molecule has 26 heavy (non-hydrogen) atoms. The second-order valence-corrected chi connectivity index (χ2v) is 7.39. The molecule has 6 nitrogen and oxygen atoms in total. The highest BCUT2D eigenvalue weighted by atomic mass is 16.6. The molecule has 0 unspecified atom stereocenters. The van der Waals surface area contributed by atoms with Crippen LogP contribution in [0.1, 0.15) is 53.4 Å². The molecule has 0 bridgehead atoms. The Bertz CT molecular complexity index is 889. The number of amides is 1. The third-order valence-corrected chi connectivity index (χ3v) is 4.58. The Hall–Kier alpha value is -2.89. The zero-order chi connectivity index (χ0) is 19.1. The molecule has 1 N–H and O–H groups in total. The number of nitrogens with one attached hydrogen (secondary N) is 1. The van der Waals surface area contributed by atoms with Crippen molar-refractivity contribution in [3.63, 3.8) is 0 Å². The lowest BCUT2D eigenvalue weighted by Gasteiger charge is -2.38. The minimum absolute atomic E-state index is 0.00900. The van der Waals surface area contributed by atoms with Crippen LogP contribution in [0.4, 0.5) is 5.69 Å². The summed E-state index contributed by atoms with van der Waals surface area (Å²) in [7, 11) is 0. The number of fused-ring (bicyclic) bond motifs is 1. The first-order valence-electron chi connectivity index (χ1n) is 8.52. The van der Waals surface area contributed by atoms with Gasteiger partial charge in [0.25, 0.3) is 11.6 Å². The normalized spacial score (nSPS) is 17.8. The van der Waals surface area contributed by atoms with E-state index in [1.807, 2.05) is 39.0 Å². The number of nitro benzene ring substituents is 1. The van der Waals surface area contributed by atoms with Gasteiger partial charge in [-0.05, 0) is 45.9 Å². The van der Waals surface area contributed by atoms with Gasteiger partial charge in [-0.15, -0.1) is 0 Å². The summed E-state index contributed by atoms with van der Waals surface area (Å²) >= 11 is 0. The minimum Gasteiger partial charge on any atom is -0.487 e. The molecule has 1 aliphatic heterocycles. The van der Waals surface area contributed by atoms with E-state index < -0.39 is 10.5 Å². The maximum absolute atomic E-state index is 12.7. The van der Waals surface area contributed by atoms with Crippen molar-refractivity contribution in [1.82, 2.24) is 5.32 Å². The molecule has 0 saturated carbocycles. The second-order valence-electron chi connectivity index (χ2n) is 7.39. The summed E-state index contributed by atoms with van der Waals surface area (Å²) < 4.78 is 6.03. The number of hydrogen-bond donors (Lipinski definition) is 1. The number of aryl methyl sites for hydroxylation is 2. The number of carbonyl (C=O) groups is 1. The quantitative estimate of drug-likeness (QED) is 0.660. The summed E-state index contributed by atoms with van der Waals surface area (Å²) in [4.78, 5) is 23.2. The van der Waals surface area contributed by atoms with E-state index in [0.29, 0.717) is 17.5 Å². The Morgan fingerprint density at radius 1 is 1.23 bits per heavy atom. The topological polar surface area (TPSA) is 81.5 Å². The maximum Gasteiger partial charge on any atom is 0.272 e. The van der Waals surface area contributed by atoms with Gasteiger partial charge in [0.1, 0.15) is 11.4 Å². The highest BCUT2D eigenvalue weighted by Gasteiger charge is 2.34. The van der Waals surface area contributed by atoms with Gasteiger partial charge in [-0.25, -0.2) is 0 Å². The van der Waals surface area contributed by atoms with Crippen molar-refractivity contribution in [2.45, 2.75) is 45.8 Å². The number of ether oxygens (including phenoxy) is 1. The SMILES string of the molecule is Cc1ccc2c(c1)[C@H](NC(=O)c1ccc([N+](=O)[O-])c(C)c1)CC(C)(C)O2. The predicted octanol–water partition coefficient (Wildman–Crippen LogP) is 4.24. The number of nitro groups is 1. The van der Waals surface area contributed by atoms with Crippen LogP contribution in [0.5, 0.6) is 5.75 Å². The van der Waals surface area contributed by atoms with Crippen LogP contribution in [-0.4, -0.2) is 16.4 Å². The third-order valence-electron chi connectivity index (χ3n) is 4.58. The summed E-state index contributed by atoms with van der Waals surface area (Å²) in [6.45, 7) is 7.61. The molecule has 1 heterocycles. The van der Waals surface area contributed by atoms with Crippen LogP contribution >= 0.6 is 0 Å². The van der Waals surface area contributed by atoms with Crippen molar-refractivity contribution in [1.29, 1.82) is 0 Å². The molecule has 0 spiro atoms. The fourth-order valence-electron chi connectivity index (χ4n) is 3.35. The van der Waals surface area contributed by atoms with E-state index in [1.165, 1.54) is 12.1 Å². The summed E-state index contributed by atoms with van der Waals surface area (Å²) in [6.07, 6.45) is 0.640. The first kappa shape index (κ1) is 17.9. The van der Waals surface area contributed by atoms with Crippen LogP contribution in [0.25, 0.3) is 0 Å². The average molecular weight is 354 g/mol. The predicted molar refractivity (Wildman–Crippen MR) is 98.5 cm³/mol. The smallest absolute Gasteiger partial charge is 0.272 e. The van der Waals surface area contributed by atoms with Gasteiger partial charge in [0, 0.05) is 29.2 Å². The summed E-state index contributed by atoms with van der Waals surface area (Å²) in [6, 6.07) is 10.2. The zero-order valence-corrected chi connectivity index (χ0v) is 15.3. The van der Waals surface area contributed by atoms with E-state index in [0.717, 1.165) is 16.9 Å². The maximum atomic E-state index is 12.7. The van der Waals surface area contributed by atoms with Crippen molar-refractivity contribution >= 4 is 11.6 Å².